The molecule has 0 radical (unpaired) electrons. The monoisotopic (exact) mass is 313 g/mol. The van der Waals surface area contributed by atoms with Crippen molar-refractivity contribution in [2.24, 2.45) is 0 Å². The molecule has 0 aliphatic heterocycles. The molecule has 22 heavy (non-hydrogen) atoms. The molecule has 0 fully saturated rings. The Morgan fingerprint density at radius 1 is 1.32 bits per heavy atom. The van der Waals surface area contributed by atoms with Gasteiger partial charge < -0.3 is 9.88 Å². The number of hydrogen-bond acceptors (Lipinski definition) is 2. The van der Waals surface area contributed by atoms with E-state index in [0.29, 0.717) is 5.02 Å². The first-order valence-corrected chi connectivity index (χ1v) is 7.14. The summed E-state index contributed by atoms with van der Waals surface area (Å²) in [5.74, 6) is -0.390. The second-order valence-corrected chi connectivity index (χ2v) is 5.32. The summed E-state index contributed by atoms with van der Waals surface area (Å²) in [6.07, 6.45) is 1.60. The van der Waals surface area contributed by atoms with Crippen molar-refractivity contribution in [1.29, 1.82) is 5.26 Å². The number of nitrogens with one attached hydrogen (secondary N) is 1. The van der Waals surface area contributed by atoms with Gasteiger partial charge in [0, 0.05) is 29.1 Å². The molecule has 0 bridgehead atoms. The molecule has 4 nitrogen and oxygen atoms in total. The average Bonchev–Trinajstić information content (AvgIpc) is 2.79. The smallest absolute Gasteiger partial charge is 0.261 e. The van der Waals surface area contributed by atoms with Crippen LogP contribution in [0.3, 0.4) is 0 Å². The lowest BCUT2D eigenvalue weighted by Gasteiger charge is -2.09. The predicted molar refractivity (Wildman–Crippen MR) is 87.9 cm³/mol. The molecule has 1 heterocycles. The summed E-state index contributed by atoms with van der Waals surface area (Å²) < 4.78 is 2.06. The van der Waals surface area contributed by atoms with Gasteiger partial charge in [-0.2, -0.15) is 5.26 Å². The number of carbonyl (C=O) groups excluding carboxylic acids is 1. The first-order valence-electron chi connectivity index (χ1n) is 6.76. The second-order valence-electron chi connectivity index (χ2n) is 4.89. The van der Waals surface area contributed by atoms with Crippen molar-refractivity contribution in [1.82, 2.24) is 9.88 Å². The van der Waals surface area contributed by atoms with Crippen molar-refractivity contribution in [3.63, 3.8) is 0 Å². The number of hydrogen-bond donors (Lipinski definition) is 1. The van der Waals surface area contributed by atoms with Gasteiger partial charge in [-0.1, -0.05) is 11.6 Å². The molecule has 2 rings (SSSR count). The zero-order valence-electron chi connectivity index (χ0n) is 12.6. The van der Waals surface area contributed by atoms with E-state index in [4.69, 9.17) is 16.9 Å². The molecular formula is C17H16ClN3O. The van der Waals surface area contributed by atoms with Crippen LogP contribution in [0, 0.1) is 25.2 Å². The van der Waals surface area contributed by atoms with Crippen LogP contribution in [0.4, 0.5) is 0 Å². The van der Waals surface area contributed by atoms with Gasteiger partial charge in [0.15, 0.2) is 0 Å². The fraction of sp³-hybridized carbons (Fsp3) is 0.176. The molecule has 0 atom stereocenters. The van der Waals surface area contributed by atoms with Gasteiger partial charge in [-0.25, -0.2) is 0 Å². The van der Waals surface area contributed by atoms with Gasteiger partial charge in [0.2, 0.25) is 0 Å². The Balaban J connectivity index is 2.52. The van der Waals surface area contributed by atoms with Gasteiger partial charge in [0.25, 0.3) is 5.91 Å². The maximum Gasteiger partial charge on any atom is 0.261 e. The summed E-state index contributed by atoms with van der Waals surface area (Å²) in [5.41, 5.74) is 3.88. The number of amides is 1. The Kier molecular flexibility index (Phi) is 4.69. The zero-order valence-corrected chi connectivity index (χ0v) is 13.4. The van der Waals surface area contributed by atoms with Crippen molar-refractivity contribution < 1.29 is 4.79 Å². The first kappa shape index (κ1) is 15.9. The minimum atomic E-state index is -0.390. The van der Waals surface area contributed by atoms with Gasteiger partial charge >= 0.3 is 0 Å². The minimum Gasteiger partial charge on any atom is -0.354 e. The van der Waals surface area contributed by atoms with E-state index in [2.05, 4.69) is 9.88 Å². The summed E-state index contributed by atoms with van der Waals surface area (Å²) in [7, 11) is 1.50. The highest BCUT2D eigenvalue weighted by Crippen LogP contribution is 2.23. The van der Waals surface area contributed by atoms with Crippen molar-refractivity contribution in [2.75, 3.05) is 7.05 Å². The van der Waals surface area contributed by atoms with E-state index < -0.39 is 5.91 Å². The summed E-state index contributed by atoms with van der Waals surface area (Å²) in [6, 6.07) is 11.4. The van der Waals surface area contributed by atoms with Crippen LogP contribution in [0.2, 0.25) is 5.02 Å². The summed E-state index contributed by atoms with van der Waals surface area (Å²) >= 11 is 5.92. The molecule has 2 aromatic rings. The van der Waals surface area contributed by atoms with Crippen LogP contribution in [0.25, 0.3) is 11.8 Å². The predicted octanol–water partition coefficient (Wildman–Crippen LogP) is 3.40. The standard InChI is InChI=1S/C17H16ClN3O/c1-11-8-13(9-14(10-19)17(22)20-3)12(2)21(11)16-6-4-15(18)5-7-16/h4-9H,1-3H3,(H,20,22)/b14-9-. The average molecular weight is 314 g/mol. The highest BCUT2D eigenvalue weighted by atomic mass is 35.5. The molecule has 0 spiro atoms. The Labute approximate surface area is 134 Å². The molecule has 1 aromatic heterocycles. The molecule has 0 unspecified atom stereocenters. The third kappa shape index (κ3) is 3.05. The summed E-state index contributed by atoms with van der Waals surface area (Å²) in [4.78, 5) is 11.6. The molecule has 0 saturated heterocycles. The normalized spacial score (nSPS) is 11.1. The molecule has 0 aliphatic carbocycles. The van der Waals surface area contributed by atoms with Gasteiger partial charge in [0.05, 0.1) is 0 Å². The summed E-state index contributed by atoms with van der Waals surface area (Å²) in [5, 5.41) is 12.2. The van der Waals surface area contributed by atoms with Crippen molar-refractivity contribution in [2.45, 2.75) is 13.8 Å². The fourth-order valence-corrected chi connectivity index (χ4v) is 2.49. The molecule has 112 valence electrons. The molecule has 5 heteroatoms. The molecule has 0 aliphatic rings. The highest BCUT2D eigenvalue weighted by Gasteiger charge is 2.12. The van der Waals surface area contributed by atoms with Crippen LogP contribution in [0.15, 0.2) is 35.9 Å². The Bertz CT molecular complexity index is 779. The van der Waals surface area contributed by atoms with Crippen LogP contribution in [-0.2, 0) is 4.79 Å². The molecule has 1 amide bonds. The number of nitriles is 1. The van der Waals surface area contributed by atoms with Crippen LogP contribution in [0.1, 0.15) is 17.0 Å². The van der Waals surface area contributed by atoms with E-state index in [1.54, 1.807) is 6.08 Å². The van der Waals surface area contributed by atoms with Crippen LogP contribution in [-0.4, -0.2) is 17.5 Å². The van der Waals surface area contributed by atoms with Crippen molar-refractivity contribution in [3.05, 3.63) is 57.9 Å². The lowest BCUT2D eigenvalue weighted by atomic mass is 10.1. The maximum atomic E-state index is 11.6. The van der Waals surface area contributed by atoms with Gasteiger partial charge in [-0.15, -0.1) is 0 Å². The van der Waals surface area contributed by atoms with E-state index in [9.17, 15) is 4.79 Å². The Morgan fingerprint density at radius 2 is 1.95 bits per heavy atom. The van der Waals surface area contributed by atoms with E-state index in [1.165, 1.54) is 7.05 Å². The van der Waals surface area contributed by atoms with E-state index in [0.717, 1.165) is 22.6 Å². The molecule has 0 saturated carbocycles. The number of halogens is 1. The third-order valence-corrected chi connectivity index (χ3v) is 3.70. The number of aromatic nitrogens is 1. The van der Waals surface area contributed by atoms with Crippen molar-refractivity contribution >= 4 is 23.6 Å². The largest absolute Gasteiger partial charge is 0.354 e. The quantitative estimate of drug-likeness (QED) is 0.697. The lowest BCUT2D eigenvalue weighted by molar-refractivity contribution is -0.116. The van der Waals surface area contributed by atoms with Crippen LogP contribution < -0.4 is 5.32 Å². The summed E-state index contributed by atoms with van der Waals surface area (Å²) in [6.45, 7) is 3.93. The number of carbonyl (C=O) groups is 1. The van der Waals surface area contributed by atoms with Crippen LogP contribution >= 0.6 is 11.6 Å². The third-order valence-electron chi connectivity index (χ3n) is 3.45. The molecular weight excluding hydrogens is 298 g/mol. The van der Waals surface area contributed by atoms with E-state index in [-0.39, 0.29) is 5.57 Å². The zero-order chi connectivity index (χ0) is 16.3. The number of rotatable bonds is 3. The second kappa shape index (κ2) is 6.50. The SMILES string of the molecule is CNC(=O)/C(C#N)=C\c1cc(C)n(-c2ccc(Cl)cc2)c1C. The highest BCUT2D eigenvalue weighted by molar-refractivity contribution is 6.30. The van der Waals surface area contributed by atoms with Crippen molar-refractivity contribution in [3.8, 4) is 11.8 Å². The van der Waals surface area contributed by atoms with Crippen LogP contribution in [0.5, 0.6) is 0 Å². The maximum absolute atomic E-state index is 11.6. The lowest BCUT2D eigenvalue weighted by Crippen LogP contribution is -2.19. The number of likely N-dealkylation sites (N-methyl/N-ethyl adjacent to an activating group) is 1. The fourth-order valence-electron chi connectivity index (χ4n) is 2.36. The van der Waals surface area contributed by atoms with Gasteiger partial charge in [-0.3, -0.25) is 4.79 Å². The number of benzene rings is 1. The van der Waals surface area contributed by atoms with E-state index >= 15 is 0 Å². The Morgan fingerprint density at radius 3 is 2.50 bits per heavy atom. The Hall–Kier alpha value is -2.51. The van der Waals surface area contributed by atoms with E-state index in [1.807, 2.05) is 50.2 Å². The first-order chi connectivity index (χ1) is 10.5. The van der Waals surface area contributed by atoms with Gasteiger partial charge in [0.1, 0.15) is 11.6 Å². The molecule has 1 aromatic carbocycles. The van der Waals surface area contributed by atoms with Gasteiger partial charge in [-0.05, 0) is 55.8 Å². The number of nitrogens with zero attached hydrogens (tertiary/aromatic N) is 2. The molecule has 1 N–H and O–H groups in total. The minimum absolute atomic E-state index is 0.0823. The topological polar surface area (TPSA) is 57.8 Å². The number of aryl methyl sites for hydroxylation is 1.